The number of carbonyl (C=O) groups is 1. The molecule has 0 aromatic heterocycles. The molecule has 1 N–H and O–H groups in total. The minimum Gasteiger partial charge on any atom is -0.342 e. The Labute approximate surface area is 103 Å². The van der Waals surface area contributed by atoms with Gasteiger partial charge in [-0.1, -0.05) is 43.5 Å². The second-order valence-electron chi connectivity index (χ2n) is 4.18. The zero-order valence-corrected chi connectivity index (χ0v) is 10.5. The molecule has 17 heavy (non-hydrogen) atoms. The molecule has 0 aliphatic carbocycles. The molecular formula is C15H19NO. The maximum Gasteiger partial charge on any atom is 0.225 e. The van der Waals surface area contributed by atoms with Gasteiger partial charge in [0.25, 0.3) is 0 Å². The van der Waals surface area contributed by atoms with E-state index in [0.717, 1.165) is 24.0 Å². The number of hydrogen-bond acceptors (Lipinski definition) is 1. The first-order valence-electron chi connectivity index (χ1n) is 5.97. The second kappa shape index (κ2) is 6.75. The van der Waals surface area contributed by atoms with E-state index >= 15 is 0 Å². The van der Waals surface area contributed by atoms with Gasteiger partial charge in [0.05, 0.1) is 12.5 Å². The lowest BCUT2D eigenvalue weighted by Gasteiger charge is -2.12. The van der Waals surface area contributed by atoms with Crippen LogP contribution in [0.2, 0.25) is 0 Å². The minimum absolute atomic E-state index is 0.00398. The molecule has 0 fully saturated rings. The van der Waals surface area contributed by atoms with E-state index in [1.54, 1.807) is 0 Å². The van der Waals surface area contributed by atoms with Gasteiger partial charge in [-0.2, -0.15) is 0 Å². The van der Waals surface area contributed by atoms with Crippen LogP contribution in [0.25, 0.3) is 0 Å². The highest BCUT2D eigenvalue weighted by molar-refractivity contribution is 5.79. The lowest BCUT2D eigenvalue weighted by atomic mass is 10.1. The van der Waals surface area contributed by atoms with Crippen LogP contribution in [-0.4, -0.2) is 11.9 Å². The van der Waals surface area contributed by atoms with E-state index in [1.807, 2.05) is 31.2 Å². The van der Waals surface area contributed by atoms with Gasteiger partial charge in [-0.05, 0) is 24.5 Å². The number of nitrogens with one attached hydrogen (secondary N) is 1. The van der Waals surface area contributed by atoms with Crippen LogP contribution in [0.15, 0.2) is 24.3 Å². The highest BCUT2D eigenvalue weighted by Gasteiger charge is 2.09. The second-order valence-corrected chi connectivity index (χ2v) is 4.18. The molecule has 1 unspecified atom stereocenters. The Hall–Kier alpha value is -1.75. The van der Waals surface area contributed by atoms with E-state index in [1.165, 1.54) is 0 Å². The Morgan fingerprint density at radius 1 is 1.47 bits per heavy atom. The van der Waals surface area contributed by atoms with Crippen molar-refractivity contribution in [1.82, 2.24) is 5.32 Å². The fraction of sp³-hybridized carbons (Fsp3) is 0.400. The third-order valence-corrected chi connectivity index (χ3v) is 2.73. The number of benzene rings is 1. The summed E-state index contributed by atoms with van der Waals surface area (Å²) in [7, 11) is 0. The summed E-state index contributed by atoms with van der Waals surface area (Å²) in [4.78, 5) is 11.8. The highest BCUT2D eigenvalue weighted by Crippen LogP contribution is 2.07. The van der Waals surface area contributed by atoms with Crippen molar-refractivity contribution in [3.63, 3.8) is 0 Å². The first-order chi connectivity index (χ1) is 8.17. The van der Waals surface area contributed by atoms with Crippen LogP contribution in [0.1, 0.15) is 30.9 Å². The molecule has 90 valence electrons. The number of aryl methyl sites for hydroxylation is 1. The molecule has 0 aliphatic rings. The number of hydrogen-bond donors (Lipinski definition) is 1. The van der Waals surface area contributed by atoms with Crippen LogP contribution in [0, 0.1) is 19.3 Å². The van der Waals surface area contributed by atoms with Gasteiger partial charge >= 0.3 is 0 Å². The Morgan fingerprint density at radius 2 is 2.18 bits per heavy atom. The lowest BCUT2D eigenvalue weighted by molar-refractivity contribution is -0.120. The van der Waals surface area contributed by atoms with E-state index in [0.29, 0.717) is 6.42 Å². The largest absolute Gasteiger partial charge is 0.342 e. The van der Waals surface area contributed by atoms with Gasteiger partial charge in [-0.15, -0.1) is 6.42 Å². The SMILES string of the molecule is C#CC(CCC)NC(=O)Cc1ccccc1C. The Bertz CT molecular complexity index is 417. The number of carbonyl (C=O) groups excluding carboxylic acids is 1. The monoisotopic (exact) mass is 229 g/mol. The molecule has 1 aromatic carbocycles. The Morgan fingerprint density at radius 3 is 2.76 bits per heavy atom. The van der Waals surface area contributed by atoms with Crippen molar-refractivity contribution in [1.29, 1.82) is 0 Å². The highest BCUT2D eigenvalue weighted by atomic mass is 16.1. The zero-order chi connectivity index (χ0) is 12.7. The van der Waals surface area contributed by atoms with Crippen LogP contribution >= 0.6 is 0 Å². The number of terminal acetylenes is 1. The molecule has 1 rings (SSSR count). The van der Waals surface area contributed by atoms with Crippen molar-refractivity contribution < 1.29 is 4.79 Å². The molecule has 1 aromatic rings. The predicted molar refractivity (Wildman–Crippen MR) is 70.6 cm³/mol. The van der Waals surface area contributed by atoms with Gasteiger partial charge in [0.2, 0.25) is 5.91 Å². The van der Waals surface area contributed by atoms with Crippen molar-refractivity contribution in [2.75, 3.05) is 0 Å². The van der Waals surface area contributed by atoms with E-state index in [-0.39, 0.29) is 11.9 Å². The fourth-order valence-corrected chi connectivity index (χ4v) is 1.71. The topological polar surface area (TPSA) is 29.1 Å². The number of amides is 1. The summed E-state index contributed by atoms with van der Waals surface area (Å²) in [6.07, 6.45) is 7.56. The molecule has 0 saturated carbocycles. The summed E-state index contributed by atoms with van der Waals surface area (Å²) in [6.45, 7) is 4.06. The average Bonchev–Trinajstić information content (AvgIpc) is 2.31. The summed E-state index contributed by atoms with van der Waals surface area (Å²) in [5, 5.41) is 2.87. The van der Waals surface area contributed by atoms with Crippen molar-refractivity contribution >= 4 is 5.91 Å². The number of rotatable bonds is 5. The third kappa shape index (κ3) is 4.32. The van der Waals surface area contributed by atoms with E-state index in [2.05, 4.69) is 18.2 Å². The van der Waals surface area contributed by atoms with Gasteiger partial charge < -0.3 is 5.32 Å². The van der Waals surface area contributed by atoms with Crippen molar-refractivity contribution in [3.8, 4) is 12.3 Å². The quantitative estimate of drug-likeness (QED) is 0.772. The summed E-state index contributed by atoms with van der Waals surface area (Å²) in [6, 6.07) is 7.75. The van der Waals surface area contributed by atoms with Crippen LogP contribution < -0.4 is 5.32 Å². The summed E-state index contributed by atoms with van der Waals surface area (Å²) >= 11 is 0. The summed E-state index contributed by atoms with van der Waals surface area (Å²) in [5.74, 6) is 2.60. The van der Waals surface area contributed by atoms with Gasteiger partial charge in [0, 0.05) is 0 Å². The molecule has 2 nitrogen and oxygen atoms in total. The molecule has 0 bridgehead atoms. The van der Waals surface area contributed by atoms with E-state index in [9.17, 15) is 4.79 Å². The van der Waals surface area contributed by atoms with Crippen LogP contribution in [0.3, 0.4) is 0 Å². The molecule has 0 saturated heterocycles. The smallest absolute Gasteiger partial charge is 0.225 e. The minimum atomic E-state index is -0.142. The molecular weight excluding hydrogens is 210 g/mol. The van der Waals surface area contributed by atoms with Crippen molar-refractivity contribution in [2.45, 2.75) is 39.2 Å². The van der Waals surface area contributed by atoms with Gasteiger partial charge in [0.15, 0.2) is 0 Å². The molecule has 2 heteroatoms. The standard InChI is InChI=1S/C15H19NO/c1-4-8-14(5-2)16-15(17)11-13-10-7-6-9-12(13)3/h2,6-7,9-10,14H,4,8,11H2,1,3H3,(H,16,17). The predicted octanol–water partition coefficient (Wildman–Crippen LogP) is 2.46. The van der Waals surface area contributed by atoms with Crippen molar-refractivity contribution in [2.24, 2.45) is 0 Å². The average molecular weight is 229 g/mol. The zero-order valence-electron chi connectivity index (χ0n) is 10.5. The van der Waals surface area contributed by atoms with Crippen molar-refractivity contribution in [3.05, 3.63) is 35.4 Å². The molecule has 0 spiro atoms. The third-order valence-electron chi connectivity index (χ3n) is 2.73. The van der Waals surface area contributed by atoms with Gasteiger partial charge in [-0.3, -0.25) is 4.79 Å². The van der Waals surface area contributed by atoms with Gasteiger partial charge in [0.1, 0.15) is 0 Å². The maximum atomic E-state index is 11.8. The van der Waals surface area contributed by atoms with E-state index in [4.69, 9.17) is 6.42 Å². The summed E-state index contributed by atoms with van der Waals surface area (Å²) in [5.41, 5.74) is 2.19. The van der Waals surface area contributed by atoms with Crippen LogP contribution in [0.5, 0.6) is 0 Å². The first-order valence-corrected chi connectivity index (χ1v) is 5.97. The maximum absolute atomic E-state index is 11.8. The Balaban J connectivity index is 2.56. The fourth-order valence-electron chi connectivity index (χ4n) is 1.71. The van der Waals surface area contributed by atoms with E-state index < -0.39 is 0 Å². The summed E-state index contributed by atoms with van der Waals surface area (Å²) < 4.78 is 0. The molecule has 0 aliphatic heterocycles. The van der Waals surface area contributed by atoms with Crippen LogP contribution in [0.4, 0.5) is 0 Å². The van der Waals surface area contributed by atoms with Crippen LogP contribution in [-0.2, 0) is 11.2 Å². The molecule has 0 heterocycles. The Kier molecular flexibility index (Phi) is 5.29. The first kappa shape index (κ1) is 13.3. The van der Waals surface area contributed by atoms with Gasteiger partial charge in [-0.25, -0.2) is 0 Å². The molecule has 1 atom stereocenters. The molecule has 0 radical (unpaired) electrons. The molecule has 1 amide bonds. The lowest BCUT2D eigenvalue weighted by Crippen LogP contribution is -2.34. The normalized spacial score (nSPS) is 11.6.